The quantitative estimate of drug-likeness (QED) is 0.647. The highest BCUT2D eigenvalue weighted by Gasteiger charge is 1.93. The third kappa shape index (κ3) is 3.26. The minimum absolute atomic E-state index is 0.163. The SMILES string of the molecule is [CH2]CSCCc1ccc(F)cc1. The molecule has 1 aromatic rings. The second kappa shape index (κ2) is 5.20. The first-order valence-electron chi connectivity index (χ1n) is 3.94. The topological polar surface area (TPSA) is 0 Å². The van der Waals surface area contributed by atoms with Crippen LogP contribution in [0.15, 0.2) is 24.3 Å². The zero-order valence-corrected chi connectivity index (χ0v) is 7.74. The van der Waals surface area contributed by atoms with E-state index in [1.54, 1.807) is 11.8 Å². The van der Waals surface area contributed by atoms with E-state index in [-0.39, 0.29) is 5.82 Å². The minimum Gasteiger partial charge on any atom is -0.207 e. The Morgan fingerprint density at radius 3 is 2.50 bits per heavy atom. The predicted octanol–water partition coefficient (Wildman–Crippen LogP) is 2.94. The van der Waals surface area contributed by atoms with E-state index in [4.69, 9.17) is 0 Å². The Bertz CT molecular complexity index is 218. The van der Waals surface area contributed by atoms with Crippen molar-refractivity contribution in [2.24, 2.45) is 0 Å². The normalized spacial score (nSPS) is 10.2. The van der Waals surface area contributed by atoms with Crippen molar-refractivity contribution in [3.05, 3.63) is 42.6 Å². The van der Waals surface area contributed by atoms with Gasteiger partial charge >= 0.3 is 0 Å². The van der Waals surface area contributed by atoms with Crippen molar-refractivity contribution >= 4 is 11.8 Å². The molecular weight excluding hydrogens is 171 g/mol. The van der Waals surface area contributed by atoms with E-state index in [2.05, 4.69) is 6.92 Å². The first-order valence-corrected chi connectivity index (χ1v) is 5.10. The molecule has 1 radical (unpaired) electrons. The van der Waals surface area contributed by atoms with Gasteiger partial charge in [-0.2, -0.15) is 11.8 Å². The smallest absolute Gasteiger partial charge is 0.123 e. The maximum absolute atomic E-state index is 12.5. The van der Waals surface area contributed by atoms with Gasteiger partial charge in [0.15, 0.2) is 0 Å². The molecule has 65 valence electrons. The lowest BCUT2D eigenvalue weighted by atomic mass is 10.2. The molecule has 0 amide bonds. The summed E-state index contributed by atoms with van der Waals surface area (Å²) in [6.07, 6.45) is 1.00. The number of hydrogen-bond acceptors (Lipinski definition) is 1. The molecule has 0 heterocycles. The predicted molar refractivity (Wildman–Crippen MR) is 52.8 cm³/mol. The van der Waals surface area contributed by atoms with Crippen LogP contribution < -0.4 is 0 Å². The van der Waals surface area contributed by atoms with Crippen molar-refractivity contribution in [2.75, 3.05) is 11.5 Å². The third-order valence-electron chi connectivity index (χ3n) is 1.59. The van der Waals surface area contributed by atoms with Gasteiger partial charge < -0.3 is 0 Å². The van der Waals surface area contributed by atoms with Crippen LogP contribution in [-0.4, -0.2) is 11.5 Å². The molecule has 0 aliphatic heterocycles. The van der Waals surface area contributed by atoms with E-state index in [1.165, 1.54) is 17.7 Å². The standard InChI is InChI=1S/C10H12FS/c1-2-12-8-7-9-3-5-10(11)6-4-9/h3-6H,1-2,7-8H2. The first kappa shape index (κ1) is 9.59. The lowest BCUT2D eigenvalue weighted by Crippen LogP contribution is -1.88. The van der Waals surface area contributed by atoms with Gasteiger partial charge in [-0.3, -0.25) is 0 Å². The first-order chi connectivity index (χ1) is 5.83. The molecule has 0 nitrogen and oxygen atoms in total. The maximum atomic E-state index is 12.5. The Balaban J connectivity index is 2.37. The molecule has 0 spiro atoms. The van der Waals surface area contributed by atoms with Crippen molar-refractivity contribution in [3.8, 4) is 0 Å². The Morgan fingerprint density at radius 2 is 1.92 bits per heavy atom. The van der Waals surface area contributed by atoms with E-state index in [1.807, 2.05) is 12.1 Å². The fourth-order valence-corrected chi connectivity index (χ4v) is 1.53. The van der Waals surface area contributed by atoms with Crippen LogP contribution in [0.25, 0.3) is 0 Å². The molecule has 1 rings (SSSR count). The van der Waals surface area contributed by atoms with E-state index in [0.29, 0.717) is 0 Å². The van der Waals surface area contributed by atoms with E-state index in [9.17, 15) is 4.39 Å². The molecule has 1 aromatic carbocycles. The fourth-order valence-electron chi connectivity index (χ4n) is 0.943. The molecule has 0 aromatic heterocycles. The Hall–Kier alpha value is -0.500. The monoisotopic (exact) mass is 183 g/mol. The summed E-state index contributed by atoms with van der Waals surface area (Å²) in [5.41, 5.74) is 1.19. The second-order valence-corrected chi connectivity index (χ2v) is 3.71. The summed E-state index contributed by atoms with van der Waals surface area (Å²) in [6, 6.07) is 6.67. The van der Waals surface area contributed by atoms with Gasteiger partial charge in [0.1, 0.15) is 5.82 Å². The van der Waals surface area contributed by atoms with E-state index >= 15 is 0 Å². The van der Waals surface area contributed by atoms with Gasteiger partial charge in [0.2, 0.25) is 0 Å². The molecule has 0 saturated heterocycles. The van der Waals surface area contributed by atoms with Crippen molar-refractivity contribution in [3.63, 3.8) is 0 Å². The van der Waals surface area contributed by atoms with Gasteiger partial charge in [0.05, 0.1) is 0 Å². The van der Waals surface area contributed by atoms with Gasteiger partial charge in [0, 0.05) is 0 Å². The van der Waals surface area contributed by atoms with Crippen LogP contribution in [0.3, 0.4) is 0 Å². The minimum atomic E-state index is -0.163. The highest BCUT2D eigenvalue weighted by atomic mass is 32.2. The summed E-state index contributed by atoms with van der Waals surface area (Å²) in [4.78, 5) is 0. The summed E-state index contributed by atoms with van der Waals surface area (Å²) in [5, 5.41) is 0. The van der Waals surface area contributed by atoms with Gasteiger partial charge in [-0.15, -0.1) is 0 Å². The summed E-state index contributed by atoms with van der Waals surface area (Å²) in [6.45, 7) is 3.73. The molecule has 0 fully saturated rings. The average molecular weight is 183 g/mol. The van der Waals surface area contributed by atoms with E-state index < -0.39 is 0 Å². The van der Waals surface area contributed by atoms with Crippen LogP contribution in [0, 0.1) is 12.7 Å². The number of thioether (sulfide) groups is 1. The van der Waals surface area contributed by atoms with Crippen LogP contribution in [0.2, 0.25) is 0 Å². The number of rotatable bonds is 4. The Kier molecular flexibility index (Phi) is 4.15. The number of hydrogen-bond donors (Lipinski definition) is 0. The second-order valence-electron chi connectivity index (χ2n) is 2.49. The summed E-state index contributed by atoms with van der Waals surface area (Å²) in [7, 11) is 0. The Morgan fingerprint density at radius 1 is 1.25 bits per heavy atom. The van der Waals surface area contributed by atoms with Crippen LogP contribution in [0.4, 0.5) is 4.39 Å². The van der Waals surface area contributed by atoms with Crippen LogP contribution in [0.5, 0.6) is 0 Å². The maximum Gasteiger partial charge on any atom is 0.123 e. The van der Waals surface area contributed by atoms with Crippen molar-refractivity contribution in [1.29, 1.82) is 0 Å². The lowest BCUT2D eigenvalue weighted by molar-refractivity contribution is 0.627. The molecule has 12 heavy (non-hydrogen) atoms. The number of benzene rings is 1. The number of halogens is 1. The van der Waals surface area contributed by atoms with Crippen LogP contribution in [0.1, 0.15) is 5.56 Å². The fraction of sp³-hybridized carbons (Fsp3) is 0.300. The van der Waals surface area contributed by atoms with Crippen LogP contribution >= 0.6 is 11.8 Å². The van der Waals surface area contributed by atoms with Crippen molar-refractivity contribution in [2.45, 2.75) is 6.42 Å². The largest absolute Gasteiger partial charge is 0.207 e. The molecule has 0 atom stereocenters. The molecule has 0 saturated carbocycles. The molecule has 0 unspecified atom stereocenters. The molecule has 0 aliphatic rings. The highest BCUT2D eigenvalue weighted by Crippen LogP contribution is 2.07. The zero-order valence-electron chi connectivity index (χ0n) is 6.92. The molecule has 0 aliphatic carbocycles. The van der Waals surface area contributed by atoms with Crippen LogP contribution in [-0.2, 0) is 6.42 Å². The Labute approximate surface area is 77.2 Å². The molecule has 0 bridgehead atoms. The molecule has 2 heteroatoms. The summed E-state index contributed by atoms with van der Waals surface area (Å²) in [5.74, 6) is 1.81. The summed E-state index contributed by atoms with van der Waals surface area (Å²) < 4.78 is 12.5. The lowest BCUT2D eigenvalue weighted by Gasteiger charge is -1.99. The third-order valence-corrected chi connectivity index (χ3v) is 2.37. The van der Waals surface area contributed by atoms with Crippen molar-refractivity contribution in [1.82, 2.24) is 0 Å². The van der Waals surface area contributed by atoms with Gasteiger partial charge in [-0.1, -0.05) is 12.1 Å². The van der Waals surface area contributed by atoms with Gasteiger partial charge in [-0.25, -0.2) is 4.39 Å². The highest BCUT2D eigenvalue weighted by molar-refractivity contribution is 7.99. The van der Waals surface area contributed by atoms with Crippen molar-refractivity contribution < 1.29 is 4.39 Å². The molecule has 0 N–H and O–H groups in total. The van der Waals surface area contributed by atoms with Gasteiger partial charge in [-0.05, 0) is 42.5 Å². The summed E-state index contributed by atoms with van der Waals surface area (Å²) >= 11 is 1.80. The zero-order chi connectivity index (χ0) is 8.81. The van der Waals surface area contributed by atoms with E-state index in [0.717, 1.165) is 17.9 Å². The van der Waals surface area contributed by atoms with Gasteiger partial charge in [0.25, 0.3) is 0 Å². The molecular formula is C10H12FS. The average Bonchev–Trinajstić information content (AvgIpc) is 2.09. The number of aryl methyl sites for hydroxylation is 1.